The average molecular weight is 806 g/mol. The summed E-state index contributed by atoms with van der Waals surface area (Å²) in [6, 6.07) is 26.1. The number of fused-ring (bicyclic) bond motifs is 6. The first kappa shape index (κ1) is 36.0. The molecular weight excluding hydrogens is 761 g/mol. The first-order valence-corrected chi connectivity index (χ1v) is 16.4. The van der Waals surface area contributed by atoms with Gasteiger partial charge in [0.25, 0.3) is 0 Å². The molecule has 0 saturated heterocycles. The van der Waals surface area contributed by atoms with E-state index in [0.29, 0.717) is 0 Å². The number of carbonyl (C=O) groups excluding carboxylic acids is 1. The zero-order valence-electron chi connectivity index (χ0n) is 28.7. The Morgan fingerprint density at radius 1 is 0.830 bits per heavy atom. The molecular formula is C41H45IrN2O3-. The molecule has 0 aliphatic rings. The van der Waals surface area contributed by atoms with Crippen molar-refractivity contribution in [1.82, 2.24) is 9.97 Å². The largest absolute Gasteiger partial charge is 0.512 e. The van der Waals surface area contributed by atoms with Crippen LogP contribution in [0.25, 0.3) is 54.9 Å². The molecule has 47 heavy (non-hydrogen) atoms. The number of hydrogen-bond acceptors (Lipinski definition) is 5. The van der Waals surface area contributed by atoms with Gasteiger partial charge in [-0.05, 0) is 61.9 Å². The van der Waals surface area contributed by atoms with Gasteiger partial charge < -0.3 is 9.52 Å². The number of allylic oxidation sites excluding steroid dienone is 2. The summed E-state index contributed by atoms with van der Waals surface area (Å²) in [5.41, 5.74) is 5.02. The van der Waals surface area contributed by atoms with Crippen molar-refractivity contribution >= 4 is 49.4 Å². The van der Waals surface area contributed by atoms with Crippen molar-refractivity contribution in [2.45, 2.75) is 81.1 Å². The van der Waals surface area contributed by atoms with Crippen LogP contribution in [0.4, 0.5) is 0 Å². The molecule has 0 aliphatic carbocycles. The van der Waals surface area contributed by atoms with Gasteiger partial charge >= 0.3 is 0 Å². The molecule has 247 valence electrons. The van der Waals surface area contributed by atoms with Crippen LogP contribution in [0, 0.1) is 30.7 Å². The summed E-state index contributed by atoms with van der Waals surface area (Å²) in [4.78, 5) is 21.8. The molecule has 0 amide bonds. The van der Waals surface area contributed by atoms with Crippen LogP contribution in [0.2, 0.25) is 0 Å². The van der Waals surface area contributed by atoms with Crippen LogP contribution in [-0.2, 0) is 24.9 Å². The minimum absolute atomic E-state index is 0. The van der Waals surface area contributed by atoms with Gasteiger partial charge in [-0.25, -0.2) is 4.98 Å². The maximum Gasteiger partial charge on any atom is 0.164 e. The van der Waals surface area contributed by atoms with E-state index >= 15 is 0 Å². The van der Waals surface area contributed by atoms with Crippen molar-refractivity contribution in [3.63, 3.8) is 0 Å². The summed E-state index contributed by atoms with van der Waals surface area (Å²) in [5, 5.41) is 15.7. The third kappa shape index (κ3) is 6.77. The fraction of sp³-hybridized carbons (Fsp3) is 0.341. The number of rotatable bonds is 8. The predicted octanol–water partition coefficient (Wildman–Crippen LogP) is 11.4. The quantitative estimate of drug-likeness (QED) is 0.0717. The Kier molecular flexibility index (Phi) is 11.1. The number of hydrogen-bond donors (Lipinski definition) is 1. The van der Waals surface area contributed by atoms with E-state index in [1.54, 1.807) is 0 Å². The summed E-state index contributed by atoms with van der Waals surface area (Å²) in [6.45, 7) is 16.2. The zero-order valence-corrected chi connectivity index (χ0v) is 31.1. The maximum absolute atomic E-state index is 12.2. The Balaban J connectivity index is 0.000000242. The van der Waals surface area contributed by atoms with Gasteiger partial charge in [-0.3, -0.25) is 9.78 Å². The van der Waals surface area contributed by atoms with Crippen molar-refractivity contribution in [1.29, 1.82) is 0 Å². The Bertz CT molecular complexity index is 2080. The number of ketones is 1. The third-order valence-electron chi connectivity index (χ3n) is 10.2. The second-order valence-electron chi connectivity index (χ2n) is 12.9. The molecule has 6 heteroatoms. The molecule has 2 aromatic heterocycles. The summed E-state index contributed by atoms with van der Waals surface area (Å²) < 4.78 is 6.25. The van der Waals surface area contributed by atoms with Gasteiger partial charge in [-0.2, -0.15) is 0 Å². The number of aliphatic hydroxyl groups is 1. The molecule has 0 bridgehead atoms. The maximum atomic E-state index is 12.2. The fourth-order valence-electron chi connectivity index (χ4n) is 6.00. The molecule has 0 fully saturated rings. The van der Waals surface area contributed by atoms with Crippen molar-refractivity contribution in [3.8, 4) is 11.3 Å². The number of carbonyl (C=O) groups is 1. The summed E-state index contributed by atoms with van der Waals surface area (Å²) in [6.07, 6.45) is 4.75. The minimum Gasteiger partial charge on any atom is -0.512 e. The number of furan rings is 1. The Hall–Kier alpha value is -3.86. The molecule has 1 N–H and O–H groups in total. The molecule has 6 rings (SSSR count). The summed E-state index contributed by atoms with van der Waals surface area (Å²) in [7, 11) is 0. The second kappa shape index (κ2) is 14.5. The minimum atomic E-state index is -0.337. The summed E-state index contributed by atoms with van der Waals surface area (Å²) in [5.74, 6) is 1.03. The Morgan fingerprint density at radius 2 is 1.51 bits per heavy atom. The van der Waals surface area contributed by atoms with Crippen LogP contribution in [-0.4, -0.2) is 20.9 Å². The van der Waals surface area contributed by atoms with E-state index in [1.165, 1.54) is 22.4 Å². The predicted molar refractivity (Wildman–Crippen MR) is 191 cm³/mol. The van der Waals surface area contributed by atoms with Gasteiger partial charge in [0, 0.05) is 53.5 Å². The standard InChI is InChI=1S/C26H17N2O.C15H28O2.Ir/c1-15-7-5-8-17-13-14-20-24(27-16(2)28-25(20)23(15)17)21-11-6-10-19-18-9-3-4-12-22(18)29-26(19)21;1-7-14(5,8-2)12(16)11-13(17)15(6,9-3)10-4;/h3-10,12-14H,1-2H3;11,16H,7-10H2,1-6H3;/q-1;;/b;12-11-;. The van der Waals surface area contributed by atoms with Crippen molar-refractivity contribution in [2.24, 2.45) is 10.8 Å². The topological polar surface area (TPSA) is 76.2 Å². The van der Waals surface area contributed by atoms with Crippen molar-refractivity contribution < 1.29 is 34.4 Å². The molecule has 0 unspecified atom stereocenters. The van der Waals surface area contributed by atoms with Gasteiger partial charge in [-0.1, -0.05) is 101 Å². The van der Waals surface area contributed by atoms with E-state index in [-0.39, 0.29) is 42.5 Å². The number of aliphatic hydroxyl groups excluding tert-OH is 1. The molecule has 0 atom stereocenters. The van der Waals surface area contributed by atoms with Crippen LogP contribution in [0.5, 0.6) is 0 Å². The second-order valence-corrected chi connectivity index (χ2v) is 12.9. The van der Waals surface area contributed by atoms with Gasteiger partial charge in [0.05, 0.1) is 11.1 Å². The number of aromatic nitrogens is 2. The van der Waals surface area contributed by atoms with E-state index in [9.17, 15) is 9.90 Å². The number of para-hydroxylation sites is 1. The molecule has 6 aromatic rings. The van der Waals surface area contributed by atoms with Gasteiger partial charge in [-0.15, -0.1) is 18.2 Å². The molecule has 5 nitrogen and oxygen atoms in total. The average Bonchev–Trinajstić information content (AvgIpc) is 3.46. The van der Waals surface area contributed by atoms with Gasteiger partial charge in [0.15, 0.2) is 5.78 Å². The molecule has 0 spiro atoms. The van der Waals surface area contributed by atoms with Gasteiger partial charge in [0.2, 0.25) is 0 Å². The number of aryl methyl sites for hydroxylation is 2. The normalized spacial score (nSPS) is 12.3. The Labute approximate surface area is 291 Å². The molecule has 2 heterocycles. The first-order valence-electron chi connectivity index (χ1n) is 16.4. The van der Waals surface area contributed by atoms with Crippen molar-refractivity contribution in [3.05, 3.63) is 96.0 Å². The van der Waals surface area contributed by atoms with Crippen LogP contribution in [0.15, 0.2) is 83.0 Å². The smallest absolute Gasteiger partial charge is 0.164 e. The monoisotopic (exact) mass is 806 g/mol. The van der Waals surface area contributed by atoms with Crippen molar-refractivity contribution in [2.75, 3.05) is 0 Å². The zero-order chi connectivity index (χ0) is 33.2. The van der Waals surface area contributed by atoms with E-state index in [2.05, 4.69) is 55.5 Å². The van der Waals surface area contributed by atoms with Crippen LogP contribution >= 0.6 is 0 Å². The third-order valence-corrected chi connectivity index (χ3v) is 10.2. The van der Waals surface area contributed by atoms with E-state index in [4.69, 9.17) is 14.4 Å². The number of benzene rings is 4. The SMILES string of the molecule is CCC(C)(CC)C(=O)/C=C(\O)C(C)(CC)CC.Cc1nc(-c2[c-]ccc3c2oc2ccccc23)c2ccc3cccc(C)c3c2n1.[Ir]. The van der Waals surface area contributed by atoms with Crippen LogP contribution < -0.4 is 0 Å². The van der Waals surface area contributed by atoms with Crippen LogP contribution in [0.3, 0.4) is 0 Å². The molecule has 4 aromatic carbocycles. The number of nitrogens with zero attached hydrogens (tertiary/aromatic N) is 2. The van der Waals surface area contributed by atoms with E-state index < -0.39 is 0 Å². The van der Waals surface area contributed by atoms with Crippen LogP contribution in [0.1, 0.15) is 78.6 Å². The summed E-state index contributed by atoms with van der Waals surface area (Å²) >= 11 is 0. The van der Waals surface area contributed by atoms with Gasteiger partial charge in [0.1, 0.15) is 17.2 Å². The molecule has 1 radical (unpaired) electrons. The van der Waals surface area contributed by atoms with E-state index in [1.807, 2.05) is 72.7 Å². The Morgan fingerprint density at radius 3 is 2.19 bits per heavy atom. The fourth-order valence-corrected chi connectivity index (χ4v) is 6.00. The molecule has 0 aliphatic heterocycles. The first-order chi connectivity index (χ1) is 22.0. The van der Waals surface area contributed by atoms with E-state index in [0.717, 1.165) is 75.6 Å². The molecule has 0 saturated carbocycles.